The third kappa shape index (κ3) is 5.30. The number of benzene rings is 1. The van der Waals surface area contributed by atoms with Gasteiger partial charge in [0.25, 0.3) is 0 Å². The molecule has 3 aliphatic rings. The lowest BCUT2D eigenvalue weighted by Gasteiger charge is -2.46. The minimum Gasteiger partial charge on any atom is -0.239 e. The van der Waals surface area contributed by atoms with E-state index in [1.54, 1.807) is 12.1 Å². The standard InChI is InChI=1S/C31H44F2/c1-3-5-7-10-23-13-15-24(16-14-23)25-17-19-27(20-18-25)31(21-6-4-2)22-26-11-8-9-12-28(26)29(32)30(31)33/h4,8-9,11-12,22-25,27,30H,2-3,5-7,10,13-21H2,1H3. The third-order valence-corrected chi connectivity index (χ3v) is 9.42. The molecule has 0 aliphatic heterocycles. The Hall–Kier alpha value is -1.44. The minimum atomic E-state index is -1.53. The Bertz CT molecular complexity index is 886. The highest BCUT2D eigenvalue weighted by molar-refractivity contribution is 5.55. The maximum Gasteiger partial charge on any atom is 0.161 e. The van der Waals surface area contributed by atoms with Crippen LogP contribution in [-0.2, 0) is 0 Å². The number of alkyl halides is 1. The number of allylic oxidation sites excluding steroid dienone is 1. The van der Waals surface area contributed by atoms with E-state index >= 15 is 8.78 Å². The first-order valence-electron chi connectivity index (χ1n) is 13.8. The van der Waals surface area contributed by atoms with Crippen molar-refractivity contribution in [2.45, 2.75) is 103 Å². The van der Waals surface area contributed by atoms with Gasteiger partial charge in [0.1, 0.15) is 5.83 Å². The molecule has 2 atom stereocenters. The quantitative estimate of drug-likeness (QED) is 0.262. The van der Waals surface area contributed by atoms with Gasteiger partial charge in [-0.05, 0) is 80.3 Å². The Balaban J connectivity index is 1.42. The summed E-state index contributed by atoms with van der Waals surface area (Å²) in [4.78, 5) is 0. The van der Waals surface area contributed by atoms with Crippen molar-refractivity contribution in [1.29, 1.82) is 0 Å². The van der Waals surface area contributed by atoms with Crippen LogP contribution in [0, 0.1) is 29.1 Å². The van der Waals surface area contributed by atoms with Crippen LogP contribution in [0.25, 0.3) is 11.9 Å². The van der Waals surface area contributed by atoms with Crippen LogP contribution in [0.5, 0.6) is 0 Å². The molecule has 0 amide bonds. The molecular formula is C31H44F2. The van der Waals surface area contributed by atoms with Crippen LogP contribution < -0.4 is 10.4 Å². The Morgan fingerprint density at radius 2 is 1.64 bits per heavy atom. The molecule has 0 nitrogen and oxygen atoms in total. The fourth-order valence-electron chi connectivity index (χ4n) is 7.41. The number of halogens is 2. The molecule has 33 heavy (non-hydrogen) atoms. The maximum atomic E-state index is 15.8. The van der Waals surface area contributed by atoms with Crippen molar-refractivity contribution < 1.29 is 8.78 Å². The van der Waals surface area contributed by atoms with E-state index in [-0.39, 0.29) is 5.92 Å². The van der Waals surface area contributed by atoms with E-state index < -0.39 is 17.4 Å². The lowest BCUT2D eigenvalue weighted by atomic mass is 9.59. The SMILES string of the molecule is C=CCCC1(C2CCC(C3CCC(CCCCC)CC3)CC2)C=c2ccccc2=C(F)C1F. The van der Waals surface area contributed by atoms with E-state index in [4.69, 9.17) is 0 Å². The molecule has 0 aromatic heterocycles. The lowest BCUT2D eigenvalue weighted by molar-refractivity contribution is 0.0590. The second-order valence-corrected chi connectivity index (χ2v) is 11.3. The minimum absolute atomic E-state index is 0.216. The molecule has 2 fully saturated rings. The number of hydrogen-bond donors (Lipinski definition) is 0. The van der Waals surface area contributed by atoms with E-state index in [0.29, 0.717) is 11.6 Å². The van der Waals surface area contributed by atoms with Crippen LogP contribution in [0.3, 0.4) is 0 Å². The normalized spacial score (nSPS) is 34.4. The van der Waals surface area contributed by atoms with Crippen LogP contribution in [0.4, 0.5) is 8.78 Å². The molecule has 0 radical (unpaired) electrons. The van der Waals surface area contributed by atoms with Gasteiger partial charge in [0.05, 0.1) is 0 Å². The zero-order valence-electron chi connectivity index (χ0n) is 20.7. The van der Waals surface area contributed by atoms with Gasteiger partial charge in [-0.25, -0.2) is 8.78 Å². The molecule has 1 aromatic rings. The van der Waals surface area contributed by atoms with Crippen LogP contribution in [-0.4, -0.2) is 6.17 Å². The van der Waals surface area contributed by atoms with Crippen molar-refractivity contribution in [3.8, 4) is 0 Å². The Kier molecular flexibility index (Phi) is 8.47. The fourth-order valence-corrected chi connectivity index (χ4v) is 7.41. The van der Waals surface area contributed by atoms with Gasteiger partial charge in [-0.2, -0.15) is 0 Å². The molecule has 0 saturated heterocycles. The van der Waals surface area contributed by atoms with Crippen LogP contribution in [0.1, 0.15) is 96.8 Å². The van der Waals surface area contributed by atoms with Gasteiger partial charge in [-0.15, -0.1) is 6.58 Å². The summed E-state index contributed by atoms with van der Waals surface area (Å²) in [7, 11) is 0. The molecule has 0 spiro atoms. The molecule has 0 N–H and O–H groups in total. The zero-order chi connectivity index (χ0) is 23.3. The first-order valence-corrected chi connectivity index (χ1v) is 13.8. The first kappa shape index (κ1) is 24.7. The molecule has 1 aromatic carbocycles. The van der Waals surface area contributed by atoms with E-state index in [0.717, 1.165) is 42.2 Å². The summed E-state index contributed by atoms with van der Waals surface area (Å²) in [5, 5.41) is 1.32. The maximum absolute atomic E-state index is 15.8. The molecule has 182 valence electrons. The van der Waals surface area contributed by atoms with Crippen molar-refractivity contribution >= 4 is 11.9 Å². The van der Waals surface area contributed by atoms with Crippen molar-refractivity contribution in [3.05, 3.63) is 47.4 Å². The van der Waals surface area contributed by atoms with Gasteiger partial charge in [0.15, 0.2) is 6.17 Å². The number of hydrogen-bond acceptors (Lipinski definition) is 0. The van der Waals surface area contributed by atoms with Crippen LogP contribution >= 0.6 is 0 Å². The van der Waals surface area contributed by atoms with Gasteiger partial charge in [0.2, 0.25) is 0 Å². The zero-order valence-corrected chi connectivity index (χ0v) is 20.7. The van der Waals surface area contributed by atoms with Gasteiger partial charge in [0, 0.05) is 10.6 Å². The summed E-state index contributed by atoms with van der Waals surface area (Å²) < 4.78 is 31.1. The first-order chi connectivity index (χ1) is 16.1. The Morgan fingerprint density at radius 3 is 2.30 bits per heavy atom. The summed E-state index contributed by atoms with van der Waals surface area (Å²) in [5.74, 6) is 2.26. The van der Waals surface area contributed by atoms with Gasteiger partial charge >= 0.3 is 0 Å². The van der Waals surface area contributed by atoms with E-state index in [2.05, 4.69) is 19.6 Å². The topological polar surface area (TPSA) is 0 Å². The van der Waals surface area contributed by atoms with E-state index in [1.807, 2.05) is 18.2 Å². The summed E-state index contributed by atoms with van der Waals surface area (Å²) >= 11 is 0. The molecule has 0 heterocycles. The lowest BCUT2D eigenvalue weighted by Crippen LogP contribution is -2.48. The summed E-state index contributed by atoms with van der Waals surface area (Å²) in [6.07, 6.45) is 19.4. The molecule has 4 rings (SSSR count). The molecule has 2 unspecified atom stereocenters. The summed E-state index contributed by atoms with van der Waals surface area (Å²) in [6.45, 7) is 6.16. The highest BCUT2D eigenvalue weighted by Crippen LogP contribution is 2.52. The molecule has 0 bridgehead atoms. The monoisotopic (exact) mass is 454 g/mol. The smallest absolute Gasteiger partial charge is 0.161 e. The Labute approximate surface area is 200 Å². The predicted molar refractivity (Wildman–Crippen MR) is 136 cm³/mol. The van der Waals surface area contributed by atoms with Gasteiger partial charge < -0.3 is 0 Å². The fraction of sp³-hybridized carbons (Fsp3) is 0.677. The number of unbranched alkanes of at least 4 members (excludes halogenated alkanes) is 2. The van der Waals surface area contributed by atoms with Crippen molar-refractivity contribution in [2.75, 3.05) is 0 Å². The molecule has 2 heteroatoms. The van der Waals surface area contributed by atoms with Crippen molar-refractivity contribution in [3.63, 3.8) is 0 Å². The second kappa shape index (κ2) is 11.3. The van der Waals surface area contributed by atoms with Gasteiger partial charge in [-0.1, -0.05) is 81.9 Å². The van der Waals surface area contributed by atoms with Crippen LogP contribution in [0.15, 0.2) is 36.9 Å². The largest absolute Gasteiger partial charge is 0.239 e. The Morgan fingerprint density at radius 1 is 0.970 bits per heavy atom. The highest BCUT2D eigenvalue weighted by Gasteiger charge is 2.48. The number of fused-ring (bicyclic) bond motifs is 1. The van der Waals surface area contributed by atoms with E-state index in [9.17, 15) is 0 Å². The summed E-state index contributed by atoms with van der Waals surface area (Å²) in [6, 6.07) is 7.42. The summed E-state index contributed by atoms with van der Waals surface area (Å²) in [5.41, 5.74) is -0.728. The molecule has 3 aliphatic carbocycles. The average Bonchev–Trinajstić information content (AvgIpc) is 2.86. The second-order valence-electron chi connectivity index (χ2n) is 11.3. The number of rotatable bonds is 9. The van der Waals surface area contributed by atoms with E-state index in [1.165, 1.54) is 64.2 Å². The van der Waals surface area contributed by atoms with Gasteiger partial charge in [-0.3, -0.25) is 0 Å². The van der Waals surface area contributed by atoms with Crippen LogP contribution in [0.2, 0.25) is 0 Å². The van der Waals surface area contributed by atoms with Crippen molar-refractivity contribution in [2.24, 2.45) is 29.1 Å². The molecular weight excluding hydrogens is 410 g/mol. The molecule has 2 saturated carbocycles. The average molecular weight is 455 g/mol. The third-order valence-electron chi connectivity index (χ3n) is 9.42. The van der Waals surface area contributed by atoms with Crippen molar-refractivity contribution in [1.82, 2.24) is 0 Å². The highest BCUT2D eigenvalue weighted by atomic mass is 19.2. The predicted octanol–water partition coefficient (Wildman–Crippen LogP) is 8.04.